The van der Waals surface area contributed by atoms with Crippen molar-refractivity contribution in [3.8, 4) is 0 Å². The maximum absolute atomic E-state index is 13.7. The second kappa shape index (κ2) is 5.00. The van der Waals surface area contributed by atoms with Crippen LogP contribution < -0.4 is 5.32 Å². The van der Waals surface area contributed by atoms with Crippen LogP contribution in [0.25, 0.3) is 0 Å². The van der Waals surface area contributed by atoms with Gasteiger partial charge in [-0.3, -0.25) is 0 Å². The van der Waals surface area contributed by atoms with Crippen LogP contribution in [-0.2, 0) is 9.84 Å². The molecule has 2 unspecified atom stereocenters. The molecule has 0 radical (unpaired) electrons. The summed E-state index contributed by atoms with van der Waals surface area (Å²) in [5.74, 6) is -0.0597. The predicted octanol–water partition coefficient (Wildman–Crippen LogP) is 1.68. The van der Waals surface area contributed by atoms with Gasteiger partial charge in [-0.2, -0.15) is 0 Å². The molecule has 2 atom stereocenters. The highest BCUT2D eigenvalue weighted by atomic mass is 32.2. The second-order valence-electron chi connectivity index (χ2n) is 5.44. The van der Waals surface area contributed by atoms with Gasteiger partial charge in [-0.25, -0.2) is 12.8 Å². The number of sulfone groups is 1. The molecule has 0 saturated carbocycles. The molecule has 0 amide bonds. The topological polar surface area (TPSA) is 46.2 Å². The van der Waals surface area contributed by atoms with Crippen molar-refractivity contribution in [2.45, 2.75) is 57.0 Å². The summed E-state index contributed by atoms with van der Waals surface area (Å²) in [6.45, 7) is 5.81. The lowest BCUT2D eigenvalue weighted by Crippen LogP contribution is -2.36. The molecule has 3 nitrogen and oxygen atoms in total. The van der Waals surface area contributed by atoms with Gasteiger partial charge >= 0.3 is 0 Å². The summed E-state index contributed by atoms with van der Waals surface area (Å²) >= 11 is 0. The summed E-state index contributed by atoms with van der Waals surface area (Å²) in [7, 11) is -3.19. The number of halogens is 1. The van der Waals surface area contributed by atoms with Crippen LogP contribution in [0.4, 0.5) is 4.39 Å². The normalized spacial score (nSPS) is 24.6. The molecule has 1 heterocycles. The van der Waals surface area contributed by atoms with Crippen molar-refractivity contribution in [3.05, 3.63) is 0 Å². The third-order valence-electron chi connectivity index (χ3n) is 3.13. The van der Waals surface area contributed by atoms with Gasteiger partial charge in [0.25, 0.3) is 0 Å². The molecule has 0 aromatic heterocycles. The Balaban J connectivity index is 2.45. The molecule has 0 aromatic rings. The lowest BCUT2D eigenvalue weighted by molar-refractivity contribution is 0.258. The third kappa shape index (κ3) is 3.42. The van der Waals surface area contributed by atoms with E-state index in [1.165, 1.54) is 0 Å². The maximum Gasteiger partial charge on any atom is 0.155 e. The highest BCUT2D eigenvalue weighted by Crippen LogP contribution is 2.20. The van der Waals surface area contributed by atoms with Crippen molar-refractivity contribution in [3.63, 3.8) is 0 Å². The maximum atomic E-state index is 13.7. The van der Waals surface area contributed by atoms with Crippen LogP contribution in [0.15, 0.2) is 0 Å². The smallest absolute Gasteiger partial charge is 0.155 e. The Bertz CT molecular complexity index is 315. The molecule has 1 saturated heterocycles. The van der Waals surface area contributed by atoms with Gasteiger partial charge in [0.15, 0.2) is 9.84 Å². The second-order valence-corrected chi connectivity index (χ2v) is 8.30. The first kappa shape index (κ1) is 13.9. The van der Waals surface area contributed by atoms with Gasteiger partial charge in [-0.15, -0.1) is 0 Å². The number of alkyl halides is 1. The Morgan fingerprint density at radius 1 is 1.44 bits per heavy atom. The first-order chi connectivity index (χ1) is 7.24. The summed E-state index contributed by atoms with van der Waals surface area (Å²) < 4.78 is 36.5. The zero-order chi connectivity index (χ0) is 12.4. The molecular weight excluding hydrogens is 229 g/mol. The van der Waals surface area contributed by atoms with E-state index in [1.54, 1.807) is 20.8 Å². The molecule has 1 aliphatic heterocycles. The Hall–Kier alpha value is -0.160. The van der Waals surface area contributed by atoms with Crippen molar-refractivity contribution in [1.29, 1.82) is 0 Å². The Morgan fingerprint density at radius 3 is 2.50 bits per heavy atom. The lowest BCUT2D eigenvalue weighted by Gasteiger charge is -2.21. The van der Waals surface area contributed by atoms with Crippen LogP contribution in [0.2, 0.25) is 0 Å². The third-order valence-corrected chi connectivity index (χ3v) is 5.77. The van der Waals surface area contributed by atoms with Crippen LogP contribution in [0.5, 0.6) is 0 Å². The number of rotatable bonds is 4. The Labute approximate surface area is 97.7 Å². The zero-order valence-electron chi connectivity index (χ0n) is 10.3. The van der Waals surface area contributed by atoms with Gasteiger partial charge in [-0.05, 0) is 46.6 Å². The summed E-state index contributed by atoms with van der Waals surface area (Å²) in [6, 6.07) is -0.143. The van der Waals surface area contributed by atoms with E-state index in [4.69, 9.17) is 0 Å². The van der Waals surface area contributed by atoms with Gasteiger partial charge < -0.3 is 5.32 Å². The van der Waals surface area contributed by atoms with Crippen molar-refractivity contribution in [2.75, 3.05) is 12.3 Å². The minimum absolute atomic E-state index is 0.0597. The number of hydrogen-bond donors (Lipinski definition) is 1. The molecular formula is C11H22FNO2S. The summed E-state index contributed by atoms with van der Waals surface area (Å²) in [5.41, 5.74) is 0. The molecule has 1 aliphatic rings. The van der Waals surface area contributed by atoms with Crippen LogP contribution >= 0.6 is 0 Å². The molecule has 1 N–H and O–H groups in total. The van der Waals surface area contributed by atoms with Gasteiger partial charge in [0.05, 0.1) is 10.5 Å². The summed E-state index contributed by atoms with van der Waals surface area (Å²) in [4.78, 5) is 0. The fraction of sp³-hybridized carbons (Fsp3) is 1.00. The first-order valence-electron chi connectivity index (χ1n) is 5.84. The molecule has 16 heavy (non-hydrogen) atoms. The van der Waals surface area contributed by atoms with Crippen molar-refractivity contribution >= 4 is 9.84 Å². The average molecular weight is 251 g/mol. The van der Waals surface area contributed by atoms with Crippen LogP contribution in [0.3, 0.4) is 0 Å². The molecule has 96 valence electrons. The van der Waals surface area contributed by atoms with Gasteiger partial charge in [0, 0.05) is 6.04 Å². The van der Waals surface area contributed by atoms with Crippen molar-refractivity contribution < 1.29 is 12.8 Å². The monoisotopic (exact) mass is 251 g/mol. The molecule has 1 rings (SSSR count). The van der Waals surface area contributed by atoms with E-state index < -0.39 is 20.8 Å². The Kier molecular flexibility index (Phi) is 4.35. The lowest BCUT2D eigenvalue weighted by atomic mass is 10.1. The van der Waals surface area contributed by atoms with Crippen molar-refractivity contribution in [1.82, 2.24) is 5.32 Å². The molecule has 0 bridgehead atoms. The molecule has 5 heteroatoms. The fourth-order valence-corrected chi connectivity index (χ4v) is 2.94. The Morgan fingerprint density at radius 2 is 2.06 bits per heavy atom. The molecule has 1 fully saturated rings. The van der Waals surface area contributed by atoms with E-state index in [-0.39, 0.29) is 18.2 Å². The van der Waals surface area contributed by atoms with Crippen molar-refractivity contribution in [2.24, 2.45) is 0 Å². The highest BCUT2D eigenvalue weighted by molar-refractivity contribution is 7.92. The van der Waals surface area contributed by atoms with E-state index in [2.05, 4.69) is 5.32 Å². The van der Waals surface area contributed by atoms with Crippen LogP contribution in [0.1, 0.15) is 40.0 Å². The average Bonchev–Trinajstić information content (AvgIpc) is 2.65. The van der Waals surface area contributed by atoms with Gasteiger partial charge in [0.2, 0.25) is 0 Å². The van der Waals surface area contributed by atoms with Gasteiger partial charge in [-0.1, -0.05) is 0 Å². The first-order valence-corrected chi connectivity index (χ1v) is 7.49. The largest absolute Gasteiger partial charge is 0.311 e. The molecule has 0 spiro atoms. The number of nitrogens with one attached hydrogen (secondary N) is 1. The van der Waals surface area contributed by atoms with Gasteiger partial charge in [0.1, 0.15) is 6.17 Å². The van der Waals surface area contributed by atoms with E-state index in [9.17, 15) is 12.8 Å². The predicted molar refractivity (Wildman–Crippen MR) is 64.1 cm³/mol. The SMILES string of the molecule is CC(C)(C)S(=O)(=O)CCC(F)C1CCCN1. The van der Waals surface area contributed by atoms with E-state index in [0.29, 0.717) is 0 Å². The summed E-state index contributed by atoms with van der Waals surface area (Å²) in [6.07, 6.45) is 0.866. The standard InChI is InChI=1S/C11H22FNO2S/c1-11(2,3)16(14,15)8-6-9(12)10-5-4-7-13-10/h9-10,13H,4-8H2,1-3H3. The minimum Gasteiger partial charge on any atom is -0.311 e. The van der Waals surface area contributed by atoms with E-state index in [0.717, 1.165) is 19.4 Å². The molecule has 0 aliphatic carbocycles. The quantitative estimate of drug-likeness (QED) is 0.827. The molecule has 0 aromatic carbocycles. The van der Waals surface area contributed by atoms with Crippen LogP contribution in [0, 0.1) is 0 Å². The minimum atomic E-state index is -3.19. The van der Waals surface area contributed by atoms with Crippen LogP contribution in [-0.4, -0.2) is 37.7 Å². The van der Waals surface area contributed by atoms with E-state index >= 15 is 0 Å². The fourth-order valence-electron chi connectivity index (χ4n) is 1.80. The zero-order valence-corrected chi connectivity index (χ0v) is 11.1. The summed E-state index contributed by atoms with van der Waals surface area (Å²) in [5, 5.41) is 3.06. The highest BCUT2D eigenvalue weighted by Gasteiger charge is 2.31. The van der Waals surface area contributed by atoms with E-state index in [1.807, 2.05) is 0 Å². The number of hydrogen-bond acceptors (Lipinski definition) is 3.